The number of aliphatic carboxylic acids is 1. The Kier molecular flexibility index (Phi) is 5.94. The van der Waals surface area contributed by atoms with Gasteiger partial charge in [0, 0.05) is 26.6 Å². The number of hydrogen-bond donors (Lipinski definition) is 1. The summed E-state index contributed by atoms with van der Waals surface area (Å²) in [7, 11) is -1.99. The van der Waals surface area contributed by atoms with E-state index in [4.69, 9.17) is 5.11 Å². The first-order chi connectivity index (χ1) is 9.20. The van der Waals surface area contributed by atoms with E-state index in [1.165, 1.54) is 7.05 Å². The molecule has 0 spiro atoms. The first-order valence-electron chi connectivity index (χ1n) is 6.61. The number of rotatable bonds is 6. The first-order valence-corrected chi connectivity index (χ1v) is 8.46. The molecule has 1 saturated heterocycles. The molecule has 1 atom stereocenters. The third-order valence-corrected chi connectivity index (χ3v) is 4.82. The Morgan fingerprint density at radius 3 is 2.60 bits per heavy atom. The highest BCUT2D eigenvalue weighted by Crippen LogP contribution is 2.21. The van der Waals surface area contributed by atoms with Crippen LogP contribution in [-0.2, 0) is 19.6 Å². The predicted molar refractivity (Wildman–Crippen MR) is 73.6 cm³/mol. The Hall–Kier alpha value is -1.15. The van der Waals surface area contributed by atoms with Crippen molar-refractivity contribution in [3.05, 3.63) is 0 Å². The largest absolute Gasteiger partial charge is 0.481 e. The summed E-state index contributed by atoms with van der Waals surface area (Å²) in [5.74, 6) is -0.865. The molecule has 20 heavy (non-hydrogen) atoms. The molecule has 1 aliphatic rings. The van der Waals surface area contributed by atoms with Gasteiger partial charge in [0.15, 0.2) is 0 Å². The summed E-state index contributed by atoms with van der Waals surface area (Å²) < 4.78 is 23.6. The molecular formula is C12H22N2O5S. The molecule has 1 fully saturated rings. The van der Waals surface area contributed by atoms with Gasteiger partial charge in [0.2, 0.25) is 15.9 Å². The molecule has 1 rings (SSSR count). The molecular weight excluding hydrogens is 284 g/mol. The molecule has 0 bridgehead atoms. The Balaban J connectivity index is 2.50. The molecule has 1 N–H and O–H groups in total. The van der Waals surface area contributed by atoms with E-state index in [1.807, 2.05) is 0 Å². The van der Waals surface area contributed by atoms with Crippen molar-refractivity contribution in [1.82, 2.24) is 9.21 Å². The SMILES string of the molecule is CN(CC(=O)N1CCCC(CCC(=O)O)C1)S(C)(=O)=O. The van der Waals surface area contributed by atoms with Gasteiger partial charge in [0.05, 0.1) is 12.8 Å². The zero-order valence-corrected chi connectivity index (χ0v) is 12.7. The predicted octanol–water partition coefficient (Wildman–Crippen LogP) is -0.0188. The lowest BCUT2D eigenvalue weighted by atomic mass is 9.93. The number of carboxylic acid groups (broad SMARTS) is 1. The molecule has 8 heteroatoms. The monoisotopic (exact) mass is 306 g/mol. The maximum atomic E-state index is 12.0. The summed E-state index contributed by atoms with van der Waals surface area (Å²) in [4.78, 5) is 24.2. The summed E-state index contributed by atoms with van der Waals surface area (Å²) in [6.45, 7) is 0.966. The van der Waals surface area contributed by atoms with E-state index in [1.54, 1.807) is 4.90 Å². The van der Waals surface area contributed by atoms with Crippen molar-refractivity contribution in [2.45, 2.75) is 25.7 Å². The molecule has 0 aromatic rings. The number of amides is 1. The van der Waals surface area contributed by atoms with Gasteiger partial charge >= 0.3 is 5.97 Å². The van der Waals surface area contributed by atoms with Crippen LogP contribution in [0.5, 0.6) is 0 Å². The lowest BCUT2D eigenvalue weighted by Gasteiger charge is -2.33. The molecule has 1 unspecified atom stereocenters. The quantitative estimate of drug-likeness (QED) is 0.744. The second-order valence-corrected chi connectivity index (χ2v) is 7.39. The van der Waals surface area contributed by atoms with Crippen LogP contribution in [0, 0.1) is 5.92 Å². The van der Waals surface area contributed by atoms with Crippen LogP contribution in [0.1, 0.15) is 25.7 Å². The van der Waals surface area contributed by atoms with Gasteiger partial charge in [-0.25, -0.2) is 8.42 Å². The van der Waals surface area contributed by atoms with E-state index in [9.17, 15) is 18.0 Å². The number of piperidine rings is 1. The minimum atomic E-state index is -3.36. The third kappa shape index (κ3) is 5.46. The van der Waals surface area contributed by atoms with Crippen molar-refractivity contribution < 1.29 is 23.1 Å². The Morgan fingerprint density at radius 1 is 1.40 bits per heavy atom. The number of likely N-dealkylation sites (tertiary alicyclic amines) is 1. The van der Waals surface area contributed by atoms with Crippen molar-refractivity contribution in [2.75, 3.05) is 32.9 Å². The van der Waals surface area contributed by atoms with Gasteiger partial charge in [-0.1, -0.05) is 0 Å². The number of sulfonamides is 1. The number of carboxylic acids is 1. The van der Waals surface area contributed by atoms with Crippen molar-refractivity contribution in [1.29, 1.82) is 0 Å². The van der Waals surface area contributed by atoms with Crippen LogP contribution in [0.4, 0.5) is 0 Å². The van der Waals surface area contributed by atoms with Crippen LogP contribution in [0.3, 0.4) is 0 Å². The fourth-order valence-corrected chi connectivity index (χ4v) is 2.61. The molecule has 7 nitrogen and oxygen atoms in total. The third-order valence-electron chi connectivity index (χ3n) is 3.56. The van der Waals surface area contributed by atoms with Crippen molar-refractivity contribution in [3.63, 3.8) is 0 Å². The van der Waals surface area contributed by atoms with Crippen LogP contribution in [-0.4, -0.2) is 67.5 Å². The van der Waals surface area contributed by atoms with E-state index < -0.39 is 16.0 Å². The van der Waals surface area contributed by atoms with Gasteiger partial charge in [-0.05, 0) is 25.2 Å². The fraction of sp³-hybridized carbons (Fsp3) is 0.833. The van der Waals surface area contributed by atoms with Crippen LogP contribution in [0.2, 0.25) is 0 Å². The molecule has 1 amide bonds. The smallest absolute Gasteiger partial charge is 0.303 e. The van der Waals surface area contributed by atoms with Crippen molar-refractivity contribution >= 4 is 21.9 Å². The van der Waals surface area contributed by atoms with Gasteiger partial charge in [-0.15, -0.1) is 0 Å². The number of carbonyl (C=O) groups excluding carboxylic acids is 1. The van der Waals surface area contributed by atoms with Gasteiger partial charge in [-0.3, -0.25) is 9.59 Å². The zero-order valence-electron chi connectivity index (χ0n) is 11.9. The number of likely N-dealkylation sites (N-methyl/N-ethyl adjacent to an activating group) is 1. The van der Waals surface area contributed by atoms with E-state index >= 15 is 0 Å². The van der Waals surface area contributed by atoms with Gasteiger partial charge in [0.25, 0.3) is 0 Å². The zero-order chi connectivity index (χ0) is 15.3. The van der Waals surface area contributed by atoms with Crippen LogP contribution in [0.25, 0.3) is 0 Å². The molecule has 0 aliphatic carbocycles. The molecule has 1 heterocycles. The first kappa shape index (κ1) is 16.9. The summed E-state index contributed by atoms with van der Waals surface area (Å²) in [5, 5.41) is 8.67. The maximum Gasteiger partial charge on any atom is 0.303 e. The lowest BCUT2D eigenvalue weighted by molar-refractivity contribution is -0.137. The molecule has 116 valence electrons. The average molecular weight is 306 g/mol. The Morgan fingerprint density at radius 2 is 2.05 bits per heavy atom. The van der Waals surface area contributed by atoms with Crippen LogP contribution < -0.4 is 0 Å². The highest BCUT2D eigenvalue weighted by Gasteiger charge is 2.26. The van der Waals surface area contributed by atoms with Crippen molar-refractivity contribution in [2.24, 2.45) is 5.92 Å². The fourth-order valence-electron chi connectivity index (χ4n) is 2.26. The highest BCUT2D eigenvalue weighted by molar-refractivity contribution is 7.88. The summed E-state index contributed by atoms with van der Waals surface area (Å²) >= 11 is 0. The van der Waals surface area contributed by atoms with Gasteiger partial charge in [-0.2, -0.15) is 4.31 Å². The second-order valence-electron chi connectivity index (χ2n) is 5.30. The Labute approximate surface area is 119 Å². The summed E-state index contributed by atoms with van der Waals surface area (Å²) in [6.07, 6.45) is 3.47. The average Bonchev–Trinajstić information content (AvgIpc) is 2.35. The molecule has 0 saturated carbocycles. The number of nitrogens with zero attached hydrogens (tertiary/aromatic N) is 2. The van der Waals surface area contributed by atoms with E-state index in [0.29, 0.717) is 19.5 Å². The van der Waals surface area contributed by atoms with E-state index in [-0.39, 0.29) is 24.8 Å². The molecule has 0 aromatic carbocycles. The number of hydrogen-bond acceptors (Lipinski definition) is 4. The molecule has 0 radical (unpaired) electrons. The topological polar surface area (TPSA) is 95.0 Å². The van der Waals surface area contributed by atoms with Gasteiger partial charge in [0.1, 0.15) is 0 Å². The van der Waals surface area contributed by atoms with Crippen LogP contribution in [0.15, 0.2) is 0 Å². The highest BCUT2D eigenvalue weighted by atomic mass is 32.2. The second kappa shape index (κ2) is 7.03. The lowest BCUT2D eigenvalue weighted by Crippen LogP contribution is -2.45. The van der Waals surface area contributed by atoms with Gasteiger partial charge < -0.3 is 10.0 Å². The minimum absolute atomic E-state index is 0.107. The van der Waals surface area contributed by atoms with Crippen LogP contribution >= 0.6 is 0 Å². The molecule has 0 aromatic heterocycles. The minimum Gasteiger partial charge on any atom is -0.481 e. The molecule has 1 aliphatic heterocycles. The maximum absolute atomic E-state index is 12.0. The summed E-state index contributed by atoms with van der Waals surface area (Å²) in [5.41, 5.74) is 0. The van der Waals surface area contributed by atoms with Crippen molar-refractivity contribution in [3.8, 4) is 0 Å². The normalized spacial score (nSPS) is 20.1. The summed E-state index contributed by atoms with van der Waals surface area (Å²) in [6, 6.07) is 0. The van der Waals surface area contributed by atoms with E-state index in [0.717, 1.165) is 23.4 Å². The standard InChI is InChI=1S/C12H22N2O5S/c1-13(20(2,18)19)9-11(15)14-7-3-4-10(8-14)5-6-12(16)17/h10H,3-9H2,1-2H3,(H,16,17). The number of carbonyl (C=O) groups is 2. The van der Waals surface area contributed by atoms with E-state index in [2.05, 4.69) is 0 Å². The Bertz CT molecular complexity index is 462.